The fraction of sp³-hybridized carbons (Fsp3) is 0.625. The second-order valence-corrected chi connectivity index (χ2v) is 5.28. The first-order chi connectivity index (χ1) is 9.08. The van der Waals surface area contributed by atoms with Gasteiger partial charge in [0.05, 0.1) is 19.8 Å². The van der Waals surface area contributed by atoms with Crippen molar-refractivity contribution in [2.45, 2.75) is 39.7 Å². The van der Waals surface area contributed by atoms with E-state index in [9.17, 15) is 0 Å². The molecule has 1 aromatic carbocycles. The van der Waals surface area contributed by atoms with Crippen LogP contribution in [0.5, 0.6) is 5.75 Å². The van der Waals surface area contributed by atoms with Crippen LogP contribution in [0.3, 0.4) is 0 Å². The minimum absolute atomic E-state index is 0.135. The van der Waals surface area contributed by atoms with E-state index in [1.807, 2.05) is 12.1 Å². The van der Waals surface area contributed by atoms with E-state index in [0.29, 0.717) is 12.5 Å². The van der Waals surface area contributed by atoms with Crippen molar-refractivity contribution in [3.05, 3.63) is 29.3 Å². The van der Waals surface area contributed by atoms with Crippen molar-refractivity contribution < 1.29 is 9.47 Å². The lowest BCUT2D eigenvalue weighted by Gasteiger charge is -2.18. The minimum atomic E-state index is -0.135. The molecule has 0 aliphatic rings. The molecule has 3 nitrogen and oxygen atoms in total. The zero-order valence-corrected chi connectivity index (χ0v) is 12.6. The molecular weight excluding hydrogens is 238 g/mol. The van der Waals surface area contributed by atoms with Gasteiger partial charge >= 0.3 is 0 Å². The maximum Gasteiger partial charge on any atom is 0.123 e. The van der Waals surface area contributed by atoms with E-state index in [-0.39, 0.29) is 6.04 Å². The zero-order valence-electron chi connectivity index (χ0n) is 12.6. The first-order valence-corrected chi connectivity index (χ1v) is 7.06. The number of ether oxygens (including phenoxy) is 2. The fourth-order valence-corrected chi connectivity index (χ4v) is 2.21. The Bertz CT molecular complexity index is 379. The van der Waals surface area contributed by atoms with Crippen molar-refractivity contribution in [1.29, 1.82) is 0 Å². The van der Waals surface area contributed by atoms with Gasteiger partial charge in [-0.25, -0.2) is 0 Å². The topological polar surface area (TPSA) is 44.5 Å². The van der Waals surface area contributed by atoms with Gasteiger partial charge in [-0.3, -0.25) is 0 Å². The Hall–Kier alpha value is -1.06. The van der Waals surface area contributed by atoms with Crippen LogP contribution in [0.1, 0.15) is 43.9 Å². The van der Waals surface area contributed by atoms with E-state index in [2.05, 4.69) is 26.8 Å². The standard InChI is InChI=1S/C16H27NO2/c1-5-6-13(3)10-19-11-15(17)14-9-12(2)7-8-16(14)18-4/h7-9,13,15H,5-6,10-11,17H2,1-4H3. The highest BCUT2D eigenvalue weighted by Crippen LogP contribution is 2.25. The third-order valence-electron chi connectivity index (χ3n) is 3.27. The van der Waals surface area contributed by atoms with Crippen LogP contribution in [0.25, 0.3) is 0 Å². The van der Waals surface area contributed by atoms with Crippen LogP contribution in [-0.4, -0.2) is 20.3 Å². The van der Waals surface area contributed by atoms with Gasteiger partial charge in [-0.2, -0.15) is 0 Å². The quantitative estimate of drug-likeness (QED) is 0.783. The Morgan fingerprint density at radius 3 is 2.63 bits per heavy atom. The average molecular weight is 265 g/mol. The third kappa shape index (κ3) is 5.21. The lowest BCUT2D eigenvalue weighted by molar-refractivity contribution is 0.0904. The van der Waals surface area contributed by atoms with Crippen molar-refractivity contribution in [2.75, 3.05) is 20.3 Å². The highest BCUT2D eigenvalue weighted by molar-refractivity contribution is 5.39. The van der Waals surface area contributed by atoms with Gasteiger partial charge in [0.1, 0.15) is 5.75 Å². The predicted octanol–water partition coefficient (Wildman–Crippen LogP) is 3.46. The largest absolute Gasteiger partial charge is 0.496 e. The van der Waals surface area contributed by atoms with E-state index < -0.39 is 0 Å². The maximum absolute atomic E-state index is 6.20. The third-order valence-corrected chi connectivity index (χ3v) is 3.27. The molecule has 0 amide bonds. The first-order valence-electron chi connectivity index (χ1n) is 7.06. The summed E-state index contributed by atoms with van der Waals surface area (Å²) in [6.45, 7) is 7.77. The summed E-state index contributed by atoms with van der Waals surface area (Å²) in [5, 5.41) is 0. The summed E-state index contributed by atoms with van der Waals surface area (Å²) in [5.74, 6) is 1.43. The Labute approximate surface area is 117 Å². The Balaban J connectivity index is 2.53. The van der Waals surface area contributed by atoms with E-state index in [1.54, 1.807) is 7.11 Å². The summed E-state index contributed by atoms with van der Waals surface area (Å²) in [6, 6.07) is 5.93. The predicted molar refractivity (Wildman–Crippen MR) is 79.6 cm³/mol. The van der Waals surface area contributed by atoms with E-state index in [4.69, 9.17) is 15.2 Å². The van der Waals surface area contributed by atoms with Crippen molar-refractivity contribution in [2.24, 2.45) is 11.7 Å². The summed E-state index contributed by atoms with van der Waals surface area (Å²) < 4.78 is 11.1. The Kier molecular flexibility index (Phi) is 6.89. The summed E-state index contributed by atoms with van der Waals surface area (Å²) >= 11 is 0. The number of aryl methyl sites for hydroxylation is 1. The molecule has 0 saturated heterocycles. The molecule has 2 N–H and O–H groups in total. The first kappa shape index (κ1) is 16.0. The smallest absolute Gasteiger partial charge is 0.123 e. The van der Waals surface area contributed by atoms with Gasteiger partial charge in [-0.15, -0.1) is 0 Å². The maximum atomic E-state index is 6.20. The second kappa shape index (κ2) is 8.18. The van der Waals surface area contributed by atoms with Crippen LogP contribution >= 0.6 is 0 Å². The highest BCUT2D eigenvalue weighted by atomic mass is 16.5. The monoisotopic (exact) mass is 265 g/mol. The molecule has 0 bridgehead atoms. The van der Waals surface area contributed by atoms with Crippen molar-refractivity contribution in [3.8, 4) is 5.75 Å². The van der Waals surface area contributed by atoms with Crippen molar-refractivity contribution in [3.63, 3.8) is 0 Å². The summed E-state index contributed by atoms with van der Waals surface area (Å²) in [6.07, 6.45) is 2.39. The summed E-state index contributed by atoms with van der Waals surface area (Å²) in [5.41, 5.74) is 8.40. The SMILES string of the molecule is CCCC(C)COCC(N)c1cc(C)ccc1OC. The second-order valence-electron chi connectivity index (χ2n) is 5.28. The molecule has 1 rings (SSSR count). The van der Waals surface area contributed by atoms with E-state index >= 15 is 0 Å². The van der Waals surface area contributed by atoms with E-state index in [0.717, 1.165) is 17.9 Å². The van der Waals surface area contributed by atoms with Gasteiger partial charge in [-0.05, 0) is 25.3 Å². The number of hydrogen-bond acceptors (Lipinski definition) is 3. The minimum Gasteiger partial charge on any atom is -0.496 e. The van der Waals surface area contributed by atoms with Gasteiger partial charge in [0.15, 0.2) is 0 Å². The normalized spacial score (nSPS) is 14.2. The zero-order chi connectivity index (χ0) is 14.3. The van der Waals surface area contributed by atoms with Gasteiger partial charge < -0.3 is 15.2 Å². The fourth-order valence-electron chi connectivity index (χ4n) is 2.21. The van der Waals surface area contributed by atoms with Crippen molar-refractivity contribution >= 4 is 0 Å². The molecule has 1 aromatic rings. The molecule has 19 heavy (non-hydrogen) atoms. The highest BCUT2D eigenvalue weighted by Gasteiger charge is 2.13. The molecule has 0 spiro atoms. The van der Waals surface area contributed by atoms with Crippen LogP contribution in [0.4, 0.5) is 0 Å². The number of benzene rings is 1. The molecule has 0 aromatic heterocycles. The number of rotatable bonds is 8. The van der Waals surface area contributed by atoms with Gasteiger partial charge in [0, 0.05) is 12.2 Å². The Morgan fingerprint density at radius 2 is 2.00 bits per heavy atom. The van der Waals surface area contributed by atoms with E-state index in [1.165, 1.54) is 18.4 Å². The lowest BCUT2D eigenvalue weighted by atomic mass is 10.0. The molecule has 0 fully saturated rings. The van der Waals surface area contributed by atoms with Crippen LogP contribution < -0.4 is 10.5 Å². The van der Waals surface area contributed by atoms with Gasteiger partial charge in [0.2, 0.25) is 0 Å². The number of methoxy groups -OCH3 is 1. The molecular formula is C16H27NO2. The van der Waals surface area contributed by atoms with Crippen molar-refractivity contribution in [1.82, 2.24) is 0 Å². The summed E-state index contributed by atoms with van der Waals surface area (Å²) in [7, 11) is 1.67. The molecule has 0 aliphatic heterocycles. The molecule has 2 atom stereocenters. The molecule has 0 aliphatic carbocycles. The number of hydrogen-bond donors (Lipinski definition) is 1. The molecule has 0 saturated carbocycles. The summed E-state index contributed by atoms with van der Waals surface area (Å²) in [4.78, 5) is 0. The van der Waals surface area contributed by atoms with Crippen LogP contribution in [-0.2, 0) is 4.74 Å². The molecule has 0 radical (unpaired) electrons. The number of nitrogens with two attached hydrogens (primary N) is 1. The van der Waals surface area contributed by atoms with Crippen LogP contribution in [0.15, 0.2) is 18.2 Å². The molecule has 3 heteroatoms. The van der Waals surface area contributed by atoms with Crippen LogP contribution in [0.2, 0.25) is 0 Å². The molecule has 0 heterocycles. The lowest BCUT2D eigenvalue weighted by Crippen LogP contribution is -2.20. The van der Waals surface area contributed by atoms with Crippen LogP contribution in [0, 0.1) is 12.8 Å². The Morgan fingerprint density at radius 1 is 1.26 bits per heavy atom. The average Bonchev–Trinajstić information content (AvgIpc) is 2.38. The molecule has 2 unspecified atom stereocenters. The van der Waals surface area contributed by atoms with Gasteiger partial charge in [-0.1, -0.05) is 38.0 Å². The molecule has 108 valence electrons. The van der Waals surface area contributed by atoms with Gasteiger partial charge in [0.25, 0.3) is 0 Å².